The summed E-state index contributed by atoms with van der Waals surface area (Å²) in [5.74, 6) is 0.401. The zero-order valence-electron chi connectivity index (χ0n) is 25.6. The van der Waals surface area contributed by atoms with Crippen molar-refractivity contribution in [3.05, 3.63) is 92.8 Å². The average molecular weight is 702 g/mol. The second kappa shape index (κ2) is 16.0. The van der Waals surface area contributed by atoms with Gasteiger partial charge in [-0.2, -0.15) is 5.10 Å². The van der Waals surface area contributed by atoms with Gasteiger partial charge in [0.2, 0.25) is 0 Å². The first-order chi connectivity index (χ1) is 22.1. The van der Waals surface area contributed by atoms with Crippen LogP contribution in [0, 0.1) is 5.82 Å². The first kappa shape index (κ1) is 34.1. The van der Waals surface area contributed by atoms with E-state index in [0.29, 0.717) is 56.5 Å². The third kappa shape index (κ3) is 8.46. The minimum Gasteiger partial charge on any atom is -0.493 e. The number of carbonyl (C=O) groups is 2. The summed E-state index contributed by atoms with van der Waals surface area (Å²) >= 11 is 3.43. The number of halogens is 2. The Morgan fingerprint density at radius 2 is 1.89 bits per heavy atom. The van der Waals surface area contributed by atoms with Gasteiger partial charge in [-0.3, -0.25) is 5.43 Å². The van der Waals surface area contributed by atoms with Gasteiger partial charge in [-0.25, -0.2) is 14.0 Å². The van der Waals surface area contributed by atoms with Gasteiger partial charge < -0.3 is 39.4 Å². The van der Waals surface area contributed by atoms with Gasteiger partial charge in [-0.15, -0.1) is 0 Å². The third-order valence-electron chi connectivity index (χ3n) is 6.70. The molecule has 0 aromatic heterocycles. The number of ether oxygens (including phenoxy) is 5. The molecule has 3 aromatic carbocycles. The maximum absolute atomic E-state index is 14.1. The molecule has 0 bridgehead atoms. The van der Waals surface area contributed by atoms with E-state index < -0.39 is 30.1 Å². The van der Waals surface area contributed by atoms with Crippen molar-refractivity contribution in [2.45, 2.75) is 32.7 Å². The molecule has 0 aliphatic carbocycles. The van der Waals surface area contributed by atoms with Crippen LogP contribution in [0.3, 0.4) is 0 Å². The van der Waals surface area contributed by atoms with E-state index in [0.717, 1.165) is 0 Å². The van der Waals surface area contributed by atoms with E-state index >= 15 is 0 Å². The lowest BCUT2D eigenvalue weighted by Gasteiger charge is -2.28. The molecule has 1 aliphatic heterocycles. The fourth-order valence-electron chi connectivity index (χ4n) is 4.57. The Labute approximate surface area is 273 Å². The van der Waals surface area contributed by atoms with E-state index in [1.807, 2.05) is 0 Å². The summed E-state index contributed by atoms with van der Waals surface area (Å²) in [6, 6.07) is 13.4. The summed E-state index contributed by atoms with van der Waals surface area (Å²) in [5.41, 5.74) is 4.65. The smallest absolute Gasteiger partial charge is 0.337 e. The number of nitrogens with one attached hydrogen (secondary N) is 3. The van der Waals surface area contributed by atoms with Gasteiger partial charge >= 0.3 is 12.0 Å². The van der Waals surface area contributed by atoms with E-state index in [4.69, 9.17) is 23.7 Å². The van der Waals surface area contributed by atoms with Crippen LogP contribution in [0.2, 0.25) is 0 Å². The lowest BCUT2D eigenvalue weighted by atomic mass is 9.95. The van der Waals surface area contributed by atoms with Crippen molar-refractivity contribution in [3.63, 3.8) is 0 Å². The molecule has 0 fully saturated rings. The topological polar surface area (TPSA) is 149 Å². The van der Waals surface area contributed by atoms with Gasteiger partial charge in [0.05, 0.1) is 38.7 Å². The van der Waals surface area contributed by atoms with Gasteiger partial charge in [0.25, 0.3) is 0 Å². The number of hydrogen-bond acceptors (Lipinski definition) is 10. The summed E-state index contributed by atoms with van der Waals surface area (Å²) in [6.07, 6.45) is 0.192. The van der Waals surface area contributed by atoms with Crippen LogP contribution in [0.15, 0.2) is 75.4 Å². The van der Waals surface area contributed by atoms with Crippen LogP contribution < -0.4 is 35.0 Å². The molecule has 0 saturated heterocycles. The zero-order chi connectivity index (χ0) is 33.2. The molecule has 46 heavy (non-hydrogen) atoms. The highest BCUT2D eigenvalue weighted by Gasteiger charge is 2.32. The standard InChI is InChI=1S/C32H34BrFN4O8/c1-5-44-25-13-19(29-28(31(40)43-4)18(2)36-32(41)37-29)10-11-24(25)45-17-27(39)38-35-15-21-12-22(33)14-26(42-3)30(21)46-16-20-8-6-7-9-23(20)34/h6-15,27,29,38-39H,5,16-17H2,1-4H3,(H2,36,37,41)/b35-15+/t27-,29-/m1/s1. The molecule has 2 atom stereocenters. The third-order valence-corrected chi connectivity index (χ3v) is 7.16. The van der Waals surface area contributed by atoms with E-state index in [-0.39, 0.29) is 18.8 Å². The van der Waals surface area contributed by atoms with E-state index in [1.54, 1.807) is 62.4 Å². The molecular formula is C32H34BrFN4O8. The maximum atomic E-state index is 14.1. The predicted octanol–water partition coefficient (Wildman–Crippen LogP) is 4.70. The summed E-state index contributed by atoms with van der Waals surface area (Å²) in [5, 5.41) is 20.0. The number of aliphatic hydroxyl groups excluding tert-OH is 1. The molecule has 4 rings (SSSR count). The van der Waals surface area contributed by atoms with E-state index in [9.17, 15) is 19.1 Å². The molecule has 1 aliphatic rings. The molecular weight excluding hydrogens is 667 g/mol. The minimum atomic E-state index is -1.23. The number of allylic oxidation sites excluding steroid dienone is 1. The zero-order valence-corrected chi connectivity index (χ0v) is 27.1. The number of benzene rings is 3. The molecule has 4 N–H and O–H groups in total. The van der Waals surface area contributed by atoms with Crippen LogP contribution >= 0.6 is 15.9 Å². The highest BCUT2D eigenvalue weighted by Crippen LogP contribution is 2.36. The Morgan fingerprint density at radius 3 is 2.61 bits per heavy atom. The van der Waals surface area contributed by atoms with Crippen molar-refractivity contribution in [1.29, 1.82) is 0 Å². The lowest BCUT2D eigenvalue weighted by molar-refractivity contribution is -0.136. The summed E-state index contributed by atoms with van der Waals surface area (Å²) in [7, 11) is 2.75. The number of methoxy groups -OCH3 is 2. The van der Waals surface area contributed by atoms with Crippen LogP contribution in [0.25, 0.3) is 0 Å². The fourth-order valence-corrected chi connectivity index (χ4v) is 5.03. The Morgan fingerprint density at radius 1 is 1.11 bits per heavy atom. The highest BCUT2D eigenvalue weighted by molar-refractivity contribution is 9.10. The Balaban J connectivity index is 1.45. The van der Waals surface area contributed by atoms with E-state index in [2.05, 4.69) is 37.1 Å². The number of esters is 1. The SMILES string of the molecule is CCOc1cc([C@H]2NC(=O)NC(C)=C2C(=O)OC)ccc1OC[C@@H](O)N/N=C/c1cc(Br)cc(OC)c1OCc1ccccc1F. The van der Waals surface area contributed by atoms with Gasteiger partial charge in [0.15, 0.2) is 29.2 Å². The average Bonchev–Trinajstić information content (AvgIpc) is 3.03. The quantitative estimate of drug-likeness (QED) is 0.0813. The molecule has 0 saturated carbocycles. The number of amides is 2. The first-order valence-corrected chi connectivity index (χ1v) is 14.9. The number of aliphatic hydroxyl groups is 1. The largest absolute Gasteiger partial charge is 0.493 e. The lowest BCUT2D eigenvalue weighted by Crippen LogP contribution is -2.45. The van der Waals surface area contributed by atoms with Gasteiger partial charge in [-0.1, -0.05) is 40.2 Å². The predicted molar refractivity (Wildman–Crippen MR) is 170 cm³/mol. The highest BCUT2D eigenvalue weighted by atomic mass is 79.9. The molecule has 0 unspecified atom stereocenters. The van der Waals surface area contributed by atoms with Gasteiger partial charge in [-0.05, 0) is 49.7 Å². The molecule has 12 nitrogen and oxygen atoms in total. The molecule has 0 spiro atoms. The monoisotopic (exact) mass is 700 g/mol. The Bertz CT molecular complexity index is 1630. The molecule has 1 heterocycles. The summed E-state index contributed by atoms with van der Waals surface area (Å²) < 4.78 is 42.7. The summed E-state index contributed by atoms with van der Waals surface area (Å²) in [6.45, 7) is 3.46. The number of hydrogen-bond donors (Lipinski definition) is 4. The van der Waals surface area contributed by atoms with Gasteiger partial charge in [0.1, 0.15) is 19.0 Å². The molecule has 244 valence electrons. The number of rotatable bonds is 14. The Kier molecular flexibility index (Phi) is 11.8. The van der Waals surface area contributed by atoms with E-state index in [1.165, 1.54) is 26.5 Å². The molecule has 14 heteroatoms. The second-order valence-corrected chi connectivity index (χ2v) is 10.7. The van der Waals surface area contributed by atoms with Crippen molar-refractivity contribution in [2.24, 2.45) is 5.10 Å². The first-order valence-electron chi connectivity index (χ1n) is 14.1. The van der Waals surface area contributed by atoms with Gasteiger partial charge in [0, 0.05) is 21.3 Å². The van der Waals surface area contributed by atoms with Crippen molar-refractivity contribution in [3.8, 4) is 23.0 Å². The summed E-state index contributed by atoms with van der Waals surface area (Å²) in [4.78, 5) is 24.6. The fraction of sp³-hybridized carbons (Fsp3) is 0.281. The normalized spacial score (nSPS) is 15.1. The molecule has 3 aromatic rings. The van der Waals surface area contributed by atoms with Crippen molar-refractivity contribution in [1.82, 2.24) is 16.1 Å². The van der Waals surface area contributed by atoms with Crippen LogP contribution in [0.5, 0.6) is 23.0 Å². The number of carbonyl (C=O) groups excluding carboxylic acids is 2. The van der Waals surface area contributed by atoms with Crippen molar-refractivity contribution < 1.29 is 42.8 Å². The van der Waals surface area contributed by atoms with Crippen LogP contribution in [-0.2, 0) is 16.1 Å². The minimum absolute atomic E-state index is 0.0414. The van der Waals surface area contributed by atoms with Crippen molar-refractivity contribution in [2.75, 3.05) is 27.4 Å². The van der Waals surface area contributed by atoms with Crippen molar-refractivity contribution >= 4 is 34.1 Å². The molecule has 2 amide bonds. The Hall–Kier alpha value is -4.82. The number of urea groups is 1. The number of nitrogens with zero attached hydrogens (tertiary/aromatic N) is 1. The maximum Gasteiger partial charge on any atom is 0.337 e. The van der Waals surface area contributed by atoms with Crippen LogP contribution in [0.4, 0.5) is 9.18 Å². The molecule has 0 radical (unpaired) electrons. The van der Waals surface area contributed by atoms with Crippen LogP contribution in [-0.4, -0.2) is 57.0 Å². The van der Waals surface area contributed by atoms with Crippen LogP contribution in [0.1, 0.15) is 36.6 Å². The number of hydrazone groups is 1. The second-order valence-electron chi connectivity index (χ2n) is 9.82.